The maximum absolute atomic E-state index is 11.0. The molecule has 0 spiro atoms. The van der Waals surface area contributed by atoms with Gasteiger partial charge in [0.15, 0.2) is 0 Å². The van der Waals surface area contributed by atoms with Crippen LogP contribution in [0.15, 0.2) is 40.6 Å². The van der Waals surface area contributed by atoms with Crippen LogP contribution in [0.25, 0.3) is 0 Å². The average molecular weight is 280 g/mol. The summed E-state index contributed by atoms with van der Waals surface area (Å²) in [5, 5.41) is 4.90. The predicted molar refractivity (Wildman–Crippen MR) is 80.4 cm³/mol. The second-order valence-corrected chi connectivity index (χ2v) is 4.78. The van der Waals surface area contributed by atoms with Crippen LogP contribution in [-0.2, 0) is 4.79 Å². The third kappa shape index (κ3) is 5.14. The summed E-state index contributed by atoms with van der Waals surface area (Å²) in [4.78, 5) is 11.0. The number of carbonyl (C=O) groups is 1. The molecule has 0 aliphatic rings. The van der Waals surface area contributed by atoms with E-state index < -0.39 is 0 Å². The number of nitrogens with one attached hydrogen (secondary N) is 1. The van der Waals surface area contributed by atoms with Gasteiger partial charge in [0, 0.05) is 17.1 Å². The normalized spacial score (nSPS) is 12.9. The van der Waals surface area contributed by atoms with Crippen molar-refractivity contribution in [3.63, 3.8) is 0 Å². The summed E-state index contributed by atoms with van der Waals surface area (Å²) < 4.78 is 0. The number of nitrogens with zero attached hydrogens (tertiary/aromatic N) is 1. The van der Waals surface area contributed by atoms with Crippen LogP contribution in [0.1, 0.15) is 27.2 Å². The van der Waals surface area contributed by atoms with Crippen LogP contribution < -0.4 is 11.2 Å². The molecule has 0 unspecified atom stereocenters. The molecule has 1 rings (SSSR count). The van der Waals surface area contributed by atoms with Crippen molar-refractivity contribution in [2.75, 3.05) is 5.43 Å². The van der Waals surface area contributed by atoms with Gasteiger partial charge in [0.1, 0.15) is 5.78 Å². The predicted octanol–water partition coefficient (Wildman–Crippen LogP) is 3.34. The van der Waals surface area contributed by atoms with Crippen molar-refractivity contribution in [1.29, 1.82) is 0 Å². The Bertz CT molecular complexity index is 518. The lowest BCUT2D eigenvalue weighted by Crippen LogP contribution is -2.10. The Labute approximate surface area is 118 Å². The molecule has 0 saturated carbocycles. The molecule has 5 heteroatoms. The molecule has 0 aliphatic carbocycles. The molecule has 0 fully saturated rings. The largest absolute Gasteiger partial charge is 0.401 e. The van der Waals surface area contributed by atoms with E-state index in [1.165, 1.54) is 6.92 Å². The van der Waals surface area contributed by atoms with Crippen molar-refractivity contribution in [3.8, 4) is 0 Å². The minimum atomic E-state index is 0.0373. The van der Waals surface area contributed by atoms with Gasteiger partial charge in [-0.05, 0) is 50.6 Å². The third-order valence-corrected chi connectivity index (χ3v) is 2.91. The molecule has 102 valence electrons. The van der Waals surface area contributed by atoms with Crippen LogP contribution >= 0.6 is 11.6 Å². The molecule has 4 nitrogen and oxygen atoms in total. The second kappa shape index (κ2) is 6.95. The fourth-order valence-corrected chi connectivity index (χ4v) is 1.52. The fraction of sp³-hybridized carbons (Fsp3) is 0.286. The number of halogens is 1. The summed E-state index contributed by atoms with van der Waals surface area (Å²) in [6, 6.07) is 7.22. The first-order valence-corrected chi connectivity index (χ1v) is 6.29. The number of hydrogen-bond acceptors (Lipinski definition) is 4. The quantitative estimate of drug-likeness (QED) is 0.642. The lowest BCUT2D eigenvalue weighted by atomic mass is 10.1. The number of hydrogen-bond donors (Lipinski definition) is 2. The van der Waals surface area contributed by atoms with Crippen molar-refractivity contribution in [2.45, 2.75) is 27.2 Å². The number of ketones is 1. The van der Waals surface area contributed by atoms with Crippen molar-refractivity contribution < 1.29 is 4.79 Å². The fourth-order valence-electron chi connectivity index (χ4n) is 1.39. The second-order valence-electron chi connectivity index (χ2n) is 4.34. The van der Waals surface area contributed by atoms with E-state index in [1.807, 2.05) is 26.0 Å². The number of nitrogens with two attached hydrogens (primary N) is 1. The van der Waals surface area contributed by atoms with Gasteiger partial charge in [-0.3, -0.25) is 10.2 Å². The van der Waals surface area contributed by atoms with E-state index in [4.69, 9.17) is 17.3 Å². The van der Waals surface area contributed by atoms with Crippen LogP contribution in [-0.4, -0.2) is 11.5 Å². The Kier molecular flexibility index (Phi) is 5.57. The zero-order chi connectivity index (χ0) is 14.4. The topological polar surface area (TPSA) is 67.5 Å². The van der Waals surface area contributed by atoms with Crippen molar-refractivity contribution >= 4 is 28.8 Å². The SMILES string of the molecule is CC(=O)CC(N)=C(C)C(C)=NNc1ccc(Cl)cc1. The smallest absolute Gasteiger partial charge is 0.135 e. The maximum Gasteiger partial charge on any atom is 0.135 e. The Morgan fingerprint density at radius 1 is 1.26 bits per heavy atom. The lowest BCUT2D eigenvalue weighted by Gasteiger charge is -2.07. The molecule has 3 N–H and O–H groups in total. The highest BCUT2D eigenvalue weighted by atomic mass is 35.5. The Hall–Kier alpha value is -1.81. The summed E-state index contributed by atoms with van der Waals surface area (Å²) in [7, 11) is 0. The Balaban J connectivity index is 2.76. The monoisotopic (exact) mass is 279 g/mol. The highest BCUT2D eigenvalue weighted by molar-refractivity contribution is 6.30. The van der Waals surface area contributed by atoms with E-state index in [9.17, 15) is 4.79 Å². The number of rotatable bonds is 5. The number of benzene rings is 1. The molecule has 0 bridgehead atoms. The van der Waals surface area contributed by atoms with Crippen LogP contribution in [0.5, 0.6) is 0 Å². The van der Waals surface area contributed by atoms with E-state index >= 15 is 0 Å². The molecule has 0 aromatic heterocycles. The minimum Gasteiger partial charge on any atom is -0.401 e. The standard InChI is InChI=1S/C14H18ClN3O/c1-9(19)8-14(16)10(2)11(3)17-18-13-6-4-12(15)5-7-13/h4-7,18H,8,16H2,1-3H3. The molecular weight excluding hydrogens is 262 g/mol. The van der Waals surface area contributed by atoms with Gasteiger partial charge in [-0.25, -0.2) is 0 Å². The van der Waals surface area contributed by atoms with Crippen molar-refractivity contribution in [1.82, 2.24) is 0 Å². The highest BCUT2D eigenvalue weighted by Gasteiger charge is 2.04. The van der Waals surface area contributed by atoms with Gasteiger partial charge in [-0.15, -0.1) is 0 Å². The van der Waals surface area contributed by atoms with Crippen LogP contribution in [0.4, 0.5) is 5.69 Å². The maximum atomic E-state index is 11.0. The number of carbonyl (C=O) groups excluding carboxylic acids is 1. The summed E-state index contributed by atoms with van der Waals surface area (Å²) in [5.74, 6) is 0.0373. The zero-order valence-electron chi connectivity index (χ0n) is 11.3. The molecular formula is C14H18ClN3O. The van der Waals surface area contributed by atoms with Gasteiger partial charge in [0.05, 0.1) is 11.4 Å². The molecule has 0 saturated heterocycles. The van der Waals surface area contributed by atoms with E-state index in [0.29, 0.717) is 10.7 Å². The first-order chi connectivity index (χ1) is 8.90. The number of hydrazone groups is 1. The third-order valence-electron chi connectivity index (χ3n) is 2.66. The van der Waals surface area contributed by atoms with Gasteiger partial charge in [-0.2, -0.15) is 5.10 Å². The Morgan fingerprint density at radius 2 is 1.84 bits per heavy atom. The number of Topliss-reactive ketones (excluding diaryl/α,β-unsaturated/α-hetero) is 1. The van der Waals surface area contributed by atoms with Crippen molar-refractivity contribution in [3.05, 3.63) is 40.6 Å². The summed E-state index contributed by atoms with van der Waals surface area (Å²) in [6.45, 7) is 5.20. The Morgan fingerprint density at radius 3 is 2.37 bits per heavy atom. The number of anilines is 1. The summed E-state index contributed by atoms with van der Waals surface area (Å²) in [5.41, 5.74) is 11.7. The van der Waals surface area contributed by atoms with Crippen molar-refractivity contribution in [2.24, 2.45) is 10.8 Å². The van der Waals surface area contributed by atoms with Crippen LogP contribution in [0.3, 0.4) is 0 Å². The van der Waals surface area contributed by atoms with Gasteiger partial charge in [0.2, 0.25) is 0 Å². The molecule has 0 amide bonds. The minimum absolute atomic E-state index is 0.0373. The van der Waals surface area contributed by atoms with Gasteiger partial charge >= 0.3 is 0 Å². The van der Waals surface area contributed by atoms with E-state index in [0.717, 1.165) is 17.0 Å². The van der Waals surface area contributed by atoms with Gasteiger partial charge in [0.25, 0.3) is 0 Å². The van der Waals surface area contributed by atoms with Gasteiger partial charge < -0.3 is 5.73 Å². The first-order valence-electron chi connectivity index (χ1n) is 5.91. The molecule has 0 radical (unpaired) electrons. The number of allylic oxidation sites excluding steroid dienone is 2. The molecule has 0 heterocycles. The highest BCUT2D eigenvalue weighted by Crippen LogP contribution is 2.14. The molecule has 1 aromatic rings. The van der Waals surface area contributed by atoms with Crippen LogP contribution in [0, 0.1) is 0 Å². The first kappa shape index (κ1) is 15.2. The van der Waals surface area contributed by atoms with Gasteiger partial charge in [-0.1, -0.05) is 11.6 Å². The molecule has 0 aliphatic heterocycles. The van der Waals surface area contributed by atoms with E-state index in [1.54, 1.807) is 12.1 Å². The van der Waals surface area contributed by atoms with E-state index in [2.05, 4.69) is 10.5 Å². The lowest BCUT2D eigenvalue weighted by molar-refractivity contribution is -0.116. The molecule has 1 aromatic carbocycles. The van der Waals surface area contributed by atoms with E-state index in [-0.39, 0.29) is 12.2 Å². The molecule has 19 heavy (non-hydrogen) atoms. The zero-order valence-corrected chi connectivity index (χ0v) is 12.1. The van der Waals surface area contributed by atoms with Crippen LogP contribution in [0.2, 0.25) is 5.02 Å². The average Bonchev–Trinajstić information content (AvgIpc) is 2.36. The molecule has 0 atom stereocenters. The summed E-state index contributed by atoms with van der Waals surface area (Å²) in [6.07, 6.45) is 0.250. The summed E-state index contributed by atoms with van der Waals surface area (Å²) >= 11 is 5.80.